The third-order valence-electron chi connectivity index (χ3n) is 3.24. The molecule has 3 nitrogen and oxygen atoms in total. The van der Waals surface area contributed by atoms with Crippen LogP contribution in [0.2, 0.25) is 0 Å². The van der Waals surface area contributed by atoms with Crippen molar-refractivity contribution in [1.82, 2.24) is 10.6 Å². The Morgan fingerprint density at radius 2 is 2.07 bits per heavy atom. The van der Waals surface area contributed by atoms with E-state index < -0.39 is 0 Å². The fourth-order valence-electron chi connectivity index (χ4n) is 1.85. The van der Waals surface area contributed by atoms with Gasteiger partial charge in [0.2, 0.25) is 5.91 Å². The predicted molar refractivity (Wildman–Crippen MR) is 58.5 cm³/mol. The molecule has 0 aromatic rings. The summed E-state index contributed by atoms with van der Waals surface area (Å²) in [7, 11) is 0. The van der Waals surface area contributed by atoms with Crippen LogP contribution in [0.25, 0.3) is 0 Å². The predicted octanol–water partition coefficient (Wildman–Crippen LogP) is 0.931. The van der Waals surface area contributed by atoms with Crippen LogP contribution in [0.4, 0.5) is 0 Å². The zero-order valence-corrected chi connectivity index (χ0v) is 9.78. The summed E-state index contributed by atoms with van der Waals surface area (Å²) in [6.45, 7) is 7.38. The van der Waals surface area contributed by atoms with E-state index in [2.05, 4.69) is 31.4 Å². The van der Waals surface area contributed by atoms with E-state index in [0.29, 0.717) is 12.0 Å². The average Bonchev–Trinajstić information content (AvgIpc) is 2.64. The molecule has 2 rings (SSSR count). The summed E-state index contributed by atoms with van der Waals surface area (Å²) in [4.78, 5) is 11.7. The zero-order valence-electron chi connectivity index (χ0n) is 8.96. The summed E-state index contributed by atoms with van der Waals surface area (Å²) in [5.74, 6) is 0.873. The Kier molecular flexibility index (Phi) is 3.12. The fourth-order valence-corrected chi connectivity index (χ4v) is 1.85. The molecule has 1 aliphatic heterocycles. The van der Waals surface area contributed by atoms with Gasteiger partial charge in [0, 0.05) is 18.0 Å². The van der Waals surface area contributed by atoms with Crippen LogP contribution >= 0.6 is 12.4 Å². The van der Waals surface area contributed by atoms with Crippen molar-refractivity contribution in [3.63, 3.8) is 0 Å². The molecule has 4 heteroatoms. The first-order valence-corrected chi connectivity index (χ1v) is 5.04. The molecule has 3 unspecified atom stereocenters. The lowest BCUT2D eigenvalue weighted by atomic mass is 9.77. The van der Waals surface area contributed by atoms with Crippen LogP contribution in [0.5, 0.6) is 0 Å². The lowest BCUT2D eigenvalue weighted by Gasteiger charge is -2.44. The molecule has 1 aliphatic carbocycles. The maximum Gasteiger partial charge on any atom is 0.237 e. The SMILES string of the molecule is CC1CC1NC(=O)C1NCC1(C)C.Cl. The Bertz CT molecular complexity index is 242. The van der Waals surface area contributed by atoms with Crippen molar-refractivity contribution < 1.29 is 4.79 Å². The molecule has 2 N–H and O–H groups in total. The van der Waals surface area contributed by atoms with Crippen LogP contribution in [-0.4, -0.2) is 24.5 Å². The normalized spacial score (nSPS) is 37.8. The molecule has 1 heterocycles. The van der Waals surface area contributed by atoms with Gasteiger partial charge in [0.15, 0.2) is 0 Å². The van der Waals surface area contributed by atoms with Gasteiger partial charge in [0.25, 0.3) is 0 Å². The zero-order chi connectivity index (χ0) is 9.64. The van der Waals surface area contributed by atoms with Crippen molar-refractivity contribution in [2.24, 2.45) is 11.3 Å². The fraction of sp³-hybridized carbons (Fsp3) is 0.900. The van der Waals surface area contributed by atoms with E-state index >= 15 is 0 Å². The van der Waals surface area contributed by atoms with Gasteiger partial charge in [-0.15, -0.1) is 12.4 Å². The van der Waals surface area contributed by atoms with Crippen LogP contribution in [0, 0.1) is 11.3 Å². The Labute approximate surface area is 91.4 Å². The molecule has 2 aliphatic rings. The molecule has 14 heavy (non-hydrogen) atoms. The van der Waals surface area contributed by atoms with Crippen molar-refractivity contribution in [3.8, 4) is 0 Å². The Hall–Kier alpha value is -0.280. The van der Waals surface area contributed by atoms with E-state index in [1.54, 1.807) is 0 Å². The first kappa shape index (κ1) is 11.8. The van der Waals surface area contributed by atoms with Gasteiger partial charge in [0.1, 0.15) is 0 Å². The van der Waals surface area contributed by atoms with E-state index in [0.717, 1.165) is 13.0 Å². The van der Waals surface area contributed by atoms with Crippen LogP contribution in [0.1, 0.15) is 27.2 Å². The highest BCUT2D eigenvalue weighted by Crippen LogP contribution is 2.32. The highest BCUT2D eigenvalue weighted by atomic mass is 35.5. The maximum absolute atomic E-state index is 11.7. The molecule has 82 valence electrons. The van der Waals surface area contributed by atoms with Gasteiger partial charge < -0.3 is 10.6 Å². The Morgan fingerprint density at radius 3 is 2.36 bits per heavy atom. The molecular formula is C10H19ClN2O. The summed E-state index contributed by atoms with van der Waals surface area (Å²) < 4.78 is 0. The molecule has 0 aromatic carbocycles. The minimum Gasteiger partial charge on any atom is -0.352 e. The van der Waals surface area contributed by atoms with Gasteiger partial charge in [-0.1, -0.05) is 20.8 Å². The molecule has 1 amide bonds. The highest BCUT2D eigenvalue weighted by molar-refractivity contribution is 5.85. The molecule has 0 aromatic heterocycles. The van der Waals surface area contributed by atoms with Crippen LogP contribution in [0.3, 0.4) is 0 Å². The average molecular weight is 219 g/mol. The van der Waals surface area contributed by atoms with E-state index in [4.69, 9.17) is 0 Å². The second-order valence-electron chi connectivity index (χ2n) is 5.13. The van der Waals surface area contributed by atoms with Crippen LogP contribution < -0.4 is 10.6 Å². The van der Waals surface area contributed by atoms with E-state index in [1.807, 2.05) is 0 Å². The summed E-state index contributed by atoms with van der Waals surface area (Å²) >= 11 is 0. The summed E-state index contributed by atoms with van der Waals surface area (Å²) in [6.07, 6.45) is 1.15. The Balaban J connectivity index is 0.000000980. The minimum absolute atomic E-state index is 0. The monoisotopic (exact) mass is 218 g/mol. The number of halogens is 1. The molecule has 3 atom stereocenters. The van der Waals surface area contributed by atoms with Crippen molar-refractivity contribution in [1.29, 1.82) is 0 Å². The van der Waals surface area contributed by atoms with Crippen molar-refractivity contribution in [3.05, 3.63) is 0 Å². The largest absolute Gasteiger partial charge is 0.352 e. The number of hydrogen-bond donors (Lipinski definition) is 2. The second kappa shape index (κ2) is 3.70. The minimum atomic E-state index is 0. The van der Waals surface area contributed by atoms with Crippen molar-refractivity contribution in [2.75, 3.05) is 6.54 Å². The standard InChI is InChI=1S/C10H18N2O.ClH/c1-6-4-7(6)12-9(13)8-10(2,3)5-11-8;/h6-8,11H,4-5H2,1-3H3,(H,12,13);1H. The maximum atomic E-state index is 11.7. The summed E-state index contributed by atoms with van der Waals surface area (Å²) in [5, 5.41) is 6.23. The van der Waals surface area contributed by atoms with Gasteiger partial charge in [0.05, 0.1) is 6.04 Å². The van der Waals surface area contributed by atoms with Gasteiger partial charge >= 0.3 is 0 Å². The third kappa shape index (κ3) is 2.04. The van der Waals surface area contributed by atoms with Crippen LogP contribution in [0.15, 0.2) is 0 Å². The number of carbonyl (C=O) groups is 1. The third-order valence-corrected chi connectivity index (χ3v) is 3.24. The molecular weight excluding hydrogens is 200 g/mol. The molecule has 0 radical (unpaired) electrons. The Morgan fingerprint density at radius 1 is 1.50 bits per heavy atom. The van der Waals surface area contributed by atoms with E-state index in [9.17, 15) is 4.79 Å². The van der Waals surface area contributed by atoms with Crippen LogP contribution in [-0.2, 0) is 4.79 Å². The molecule has 2 fully saturated rings. The molecule has 1 saturated carbocycles. The first-order chi connectivity index (χ1) is 6.00. The van der Waals surface area contributed by atoms with Crippen molar-refractivity contribution in [2.45, 2.75) is 39.3 Å². The highest BCUT2D eigenvalue weighted by Gasteiger charge is 2.45. The molecule has 1 saturated heterocycles. The van der Waals surface area contributed by atoms with Gasteiger partial charge in [-0.05, 0) is 12.3 Å². The first-order valence-electron chi connectivity index (χ1n) is 5.04. The molecule has 0 spiro atoms. The van der Waals surface area contributed by atoms with Gasteiger partial charge in [-0.25, -0.2) is 0 Å². The number of amides is 1. The topological polar surface area (TPSA) is 41.1 Å². The summed E-state index contributed by atoms with van der Waals surface area (Å²) in [5.41, 5.74) is 0.141. The van der Waals surface area contributed by atoms with Gasteiger partial charge in [-0.2, -0.15) is 0 Å². The lowest BCUT2D eigenvalue weighted by molar-refractivity contribution is -0.129. The summed E-state index contributed by atoms with van der Waals surface area (Å²) in [6, 6.07) is 0.478. The van der Waals surface area contributed by atoms with Crippen molar-refractivity contribution >= 4 is 18.3 Å². The number of rotatable bonds is 2. The second-order valence-corrected chi connectivity index (χ2v) is 5.13. The smallest absolute Gasteiger partial charge is 0.237 e. The van der Waals surface area contributed by atoms with E-state index in [1.165, 1.54) is 0 Å². The molecule has 0 bridgehead atoms. The number of hydrogen-bond acceptors (Lipinski definition) is 2. The number of carbonyl (C=O) groups excluding carboxylic acids is 1. The number of nitrogens with one attached hydrogen (secondary N) is 2. The lowest BCUT2D eigenvalue weighted by Crippen LogP contribution is -2.65. The van der Waals surface area contributed by atoms with E-state index in [-0.39, 0.29) is 29.8 Å². The quantitative estimate of drug-likeness (QED) is 0.724. The van der Waals surface area contributed by atoms with Gasteiger partial charge in [-0.3, -0.25) is 4.79 Å².